The van der Waals surface area contributed by atoms with Gasteiger partial charge in [0.05, 0.1) is 31.9 Å². The van der Waals surface area contributed by atoms with E-state index in [-0.39, 0.29) is 24.7 Å². The molecule has 0 fully saturated rings. The number of aromatic nitrogens is 2. The molecule has 0 aliphatic carbocycles. The first-order valence-electron chi connectivity index (χ1n) is 8.37. The van der Waals surface area contributed by atoms with E-state index in [4.69, 9.17) is 4.74 Å². The molecule has 3 aromatic rings. The zero-order chi connectivity index (χ0) is 18.5. The molecule has 0 radical (unpaired) electrons. The number of carbonyl (C=O) groups is 1. The Kier molecular flexibility index (Phi) is 5.43. The van der Waals surface area contributed by atoms with E-state index in [1.165, 1.54) is 11.8 Å². The summed E-state index contributed by atoms with van der Waals surface area (Å²) in [5.41, 5.74) is 2.04. The van der Waals surface area contributed by atoms with E-state index >= 15 is 0 Å². The van der Waals surface area contributed by atoms with Crippen LogP contribution < -0.4 is 5.56 Å². The number of ether oxygens (including phenoxy) is 1. The van der Waals surface area contributed by atoms with Crippen LogP contribution in [0.25, 0.3) is 10.8 Å². The summed E-state index contributed by atoms with van der Waals surface area (Å²) in [6, 6.07) is 15.3. The first-order valence-corrected chi connectivity index (χ1v) is 8.37. The molecule has 2 aromatic carbocycles. The zero-order valence-electron chi connectivity index (χ0n) is 14.9. The van der Waals surface area contributed by atoms with E-state index < -0.39 is 0 Å². The molecular weight excluding hydrogens is 330 g/mol. The molecule has 0 bridgehead atoms. The van der Waals surface area contributed by atoms with Crippen molar-refractivity contribution in [1.29, 1.82) is 0 Å². The van der Waals surface area contributed by atoms with Crippen molar-refractivity contribution in [2.45, 2.75) is 20.1 Å². The van der Waals surface area contributed by atoms with Gasteiger partial charge < -0.3 is 4.74 Å². The molecule has 6 nitrogen and oxygen atoms in total. The number of rotatable bonds is 6. The van der Waals surface area contributed by atoms with E-state index in [1.54, 1.807) is 12.3 Å². The van der Waals surface area contributed by atoms with Crippen LogP contribution in [0.4, 0.5) is 0 Å². The third kappa shape index (κ3) is 3.97. The minimum Gasteiger partial charge on any atom is -0.468 e. The van der Waals surface area contributed by atoms with Crippen LogP contribution in [0.1, 0.15) is 11.1 Å². The highest BCUT2D eigenvalue weighted by Crippen LogP contribution is 2.12. The number of nitrogens with zero attached hydrogens (tertiary/aromatic N) is 3. The van der Waals surface area contributed by atoms with Crippen LogP contribution in [0.5, 0.6) is 0 Å². The van der Waals surface area contributed by atoms with Gasteiger partial charge >= 0.3 is 5.97 Å². The van der Waals surface area contributed by atoms with Gasteiger partial charge in [-0.2, -0.15) is 5.10 Å². The van der Waals surface area contributed by atoms with Gasteiger partial charge in [-0.3, -0.25) is 14.5 Å². The molecule has 0 unspecified atom stereocenters. The fourth-order valence-electron chi connectivity index (χ4n) is 2.85. The maximum absolute atomic E-state index is 12.7. The van der Waals surface area contributed by atoms with Gasteiger partial charge in [-0.25, -0.2) is 4.68 Å². The standard InChI is InChI=1S/C20H21N3O3/c1-15-7-3-4-9-17(15)12-22(13-19(24)26-2)14-23-20(25)18-10-6-5-8-16(18)11-21-23/h3-11H,12-14H2,1-2H3. The van der Waals surface area contributed by atoms with Gasteiger partial charge in [0.2, 0.25) is 0 Å². The predicted octanol–water partition coefficient (Wildman–Crippen LogP) is 2.34. The number of esters is 1. The molecule has 0 spiro atoms. The molecule has 0 atom stereocenters. The van der Waals surface area contributed by atoms with Crippen molar-refractivity contribution in [2.75, 3.05) is 13.7 Å². The fraction of sp³-hybridized carbons (Fsp3) is 0.250. The quantitative estimate of drug-likeness (QED) is 0.638. The lowest BCUT2D eigenvalue weighted by Crippen LogP contribution is -2.37. The molecule has 1 heterocycles. The maximum Gasteiger partial charge on any atom is 0.319 e. The Labute approximate surface area is 151 Å². The summed E-state index contributed by atoms with van der Waals surface area (Å²) in [5, 5.41) is 5.66. The second kappa shape index (κ2) is 7.93. The largest absolute Gasteiger partial charge is 0.468 e. The van der Waals surface area contributed by atoms with Crippen molar-refractivity contribution in [3.63, 3.8) is 0 Å². The molecule has 0 saturated heterocycles. The molecule has 0 aliphatic heterocycles. The van der Waals surface area contributed by atoms with Gasteiger partial charge in [0, 0.05) is 11.9 Å². The van der Waals surface area contributed by atoms with Gasteiger partial charge in [0.15, 0.2) is 0 Å². The lowest BCUT2D eigenvalue weighted by Gasteiger charge is -2.22. The predicted molar refractivity (Wildman–Crippen MR) is 99.6 cm³/mol. The smallest absolute Gasteiger partial charge is 0.319 e. The Morgan fingerprint density at radius 3 is 2.65 bits per heavy atom. The van der Waals surface area contributed by atoms with Gasteiger partial charge in [0.1, 0.15) is 0 Å². The summed E-state index contributed by atoms with van der Waals surface area (Å²) >= 11 is 0. The molecule has 1 aromatic heterocycles. The Hall–Kier alpha value is -2.99. The van der Waals surface area contributed by atoms with Crippen LogP contribution in [0.15, 0.2) is 59.5 Å². The Morgan fingerprint density at radius 1 is 1.15 bits per heavy atom. The summed E-state index contributed by atoms with van der Waals surface area (Å²) in [7, 11) is 1.36. The van der Waals surface area contributed by atoms with E-state index in [2.05, 4.69) is 5.10 Å². The first-order chi connectivity index (χ1) is 12.6. The van der Waals surface area contributed by atoms with Crippen LogP contribution in [-0.4, -0.2) is 34.3 Å². The molecule has 0 amide bonds. The Balaban J connectivity index is 1.90. The van der Waals surface area contributed by atoms with E-state index in [0.29, 0.717) is 11.9 Å². The third-order valence-corrected chi connectivity index (χ3v) is 4.33. The average molecular weight is 351 g/mol. The molecule has 26 heavy (non-hydrogen) atoms. The van der Waals surface area contributed by atoms with Crippen molar-refractivity contribution >= 4 is 16.7 Å². The molecule has 0 N–H and O–H groups in total. The molecule has 0 saturated carbocycles. The monoisotopic (exact) mass is 351 g/mol. The Morgan fingerprint density at radius 2 is 1.88 bits per heavy atom. The summed E-state index contributed by atoms with van der Waals surface area (Å²) in [6.07, 6.45) is 1.67. The highest BCUT2D eigenvalue weighted by atomic mass is 16.5. The molecular formula is C20H21N3O3. The summed E-state index contributed by atoms with van der Waals surface area (Å²) in [6.45, 7) is 2.81. The SMILES string of the molecule is COC(=O)CN(Cc1ccccc1C)Cn1ncc2ccccc2c1=O. The highest BCUT2D eigenvalue weighted by molar-refractivity contribution is 5.80. The summed E-state index contributed by atoms with van der Waals surface area (Å²) in [4.78, 5) is 26.4. The number of benzene rings is 2. The number of carbonyl (C=O) groups excluding carboxylic acids is 1. The van der Waals surface area contributed by atoms with Crippen molar-refractivity contribution < 1.29 is 9.53 Å². The minimum atomic E-state index is -0.354. The average Bonchev–Trinajstić information content (AvgIpc) is 2.66. The second-order valence-corrected chi connectivity index (χ2v) is 6.17. The molecule has 6 heteroatoms. The normalized spacial score (nSPS) is 11.0. The minimum absolute atomic E-state index is 0.0752. The number of aryl methyl sites for hydroxylation is 1. The lowest BCUT2D eigenvalue weighted by atomic mass is 10.1. The fourth-order valence-corrected chi connectivity index (χ4v) is 2.85. The maximum atomic E-state index is 12.7. The van der Waals surface area contributed by atoms with Crippen LogP contribution in [0.2, 0.25) is 0 Å². The van der Waals surface area contributed by atoms with Crippen LogP contribution in [0.3, 0.4) is 0 Å². The first kappa shape index (κ1) is 17.8. The van der Waals surface area contributed by atoms with Crippen LogP contribution >= 0.6 is 0 Å². The number of hydrogen-bond acceptors (Lipinski definition) is 5. The lowest BCUT2D eigenvalue weighted by molar-refractivity contribution is -0.142. The van der Waals surface area contributed by atoms with Gasteiger partial charge in [-0.15, -0.1) is 0 Å². The number of hydrogen-bond donors (Lipinski definition) is 0. The highest BCUT2D eigenvalue weighted by Gasteiger charge is 2.15. The molecule has 0 aliphatic rings. The van der Waals surface area contributed by atoms with Crippen molar-refractivity contribution in [2.24, 2.45) is 0 Å². The summed E-state index contributed by atoms with van der Waals surface area (Å²) in [5.74, 6) is -0.354. The summed E-state index contributed by atoms with van der Waals surface area (Å²) < 4.78 is 6.18. The van der Waals surface area contributed by atoms with E-state index in [9.17, 15) is 9.59 Å². The van der Waals surface area contributed by atoms with Crippen LogP contribution in [0, 0.1) is 6.92 Å². The van der Waals surface area contributed by atoms with Gasteiger partial charge in [-0.1, -0.05) is 42.5 Å². The number of fused-ring (bicyclic) bond motifs is 1. The third-order valence-electron chi connectivity index (χ3n) is 4.33. The number of methoxy groups -OCH3 is 1. The topological polar surface area (TPSA) is 64.4 Å². The second-order valence-electron chi connectivity index (χ2n) is 6.17. The zero-order valence-corrected chi connectivity index (χ0v) is 14.9. The van der Waals surface area contributed by atoms with Crippen molar-refractivity contribution in [3.05, 3.63) is 76.2 Å². The van der Waals surface area contributed by atoms with Crippen molar-refractivity contribution in [1.82, 2.24) is 14.7 Å². The molecule has 3 rings (SSSR count). The van der Waals surface area contributed by atoms with Crippen molar-refractivity contribution in [3.8, 4) is 0 Å². The van der Waals surface area contributed by atoms with E-state index in [0.717, 1.165) is 16.5 Å². The van der Waals surface area contributed by atoms with Gasteiger partial charge in [0.25, 0.3) is 5.56 Å². The van der Waals surface area contributed by atoms with E-state index in [1.807, 2.05) is 54.3 Å². The van der Waals surface area contributed by atoms with Crippen LogP contribution in [-0.2, 0) is 22.7 Å². The molecule has 134 valence electrons. The van der Waals surface area contributed by atoms with Gasteiger partial charge in [-0.05, 0) is 24.1 Å². The Bertz CT molecular complexity index is 981.